The number of esters is 1. The molecule has 10 heteroatoms. The van der Waals surface area contributed by atoms with Gasteiger partial charge < -0.3 is 23.7 Å². The molecule has 0 fully saturated rings. The van der Waals surface area contributed by atoms with Crippen molar-refractivity contribution in [2.24, 2.45) is 0 Å². The molecule has 1 aromatic heterocycles. The maximum atomic E-state index is 12.9. The zero-order valence-electron chi connectivity index (χ0n) is 15.2. The monoisotopic (exact) mass is 408 g/mol. The Morgan fingerprint density at radius 2 is 1.39 bits per heavy atom. The van der Waals surface area contributed by atoms with E-state index in [2.05, 4.69) is 9.47 Å². The van der Waals surface area contributed by atoms with E-state index in [1.54, 1.807) is 25.1 Å². The van der Waals surface area contributed by atoms with Gasteiger partial charge in [0.15, 0.2) is 10.6 Å². The molecule has 0 atom stereocenters. The van der Waals surface area contributed by atoms with Gasteiger partial charge in [0.2, 0.25) is 11.5 Å². The molecule has 0 aliphatic carbocycles. The number of benzene rings is 1. The lowest BCUT2D eigenvalue weighted by molar-refractivity contribution is 0.0526. The molecular weight excluding hydrogens is 392 g/mol. The maximum absolute atomic E-state index is 12.9. The fraction of sp³-hybridized carbons (Fsp3) is 0.222. The van der Waals surface area contributed by atoms with Crippen LogP contribution in [-0.2, 0) is 14.2 Å². The molecule has 0 amide bonds. The average molecular weight is 408 g/mol. The summed E-state index contributed by atoms with van der Waals surface area (Å²) >= 11 is 0.652. The largest absolute Gasteiger partial charge is 0.513 e. The third kappa shape index (κ3) is 4.65. The highest BCUT2D eigenvalue weighted by Crippen LogP contribution is 2.44. The fourth-order valence-corrected chi connectivity index (χ4v) is 3.05. The first-order chi connectivity index (χ1) is 13.4. The van der Waals surface area contributed by atoms with Gasteiger partial charge in [-0.3, -0.25) is 4.79 Å². The number of rotatable bonds is 6. The van der Waals surface area contributed by atoms with Gasteiger partial charge in [-0.1, -0.05) is 30.3 Å². The number of ketones is 1. The number of carbonyl (C=O) groups excluding carboxylic acids is 4. The van der Waals surface area contributed by atoms with E-state index in [0.29, 0.717) is 11.3 Å². The molecule has 0 bridgehead atoms. The molecule has 2 aromatic rings. The lowest BCUT2D eigenvalue weighted by Crippen LogP contribution is -2.14. The van der Waals surface area contributed by atoms with E-state index in [1.165, 1.54) is 12.1 Å². The summed E-state index contributed by atoms with van der Waals surface area (Å²) in [6.45, 7) is 1.61. The van der Waals surface area contributed by atoms with Crippen LogP contribution in [0.1, 0.15) is 31.8 Å². The minimum atomic E-state index is -1.18. The van der Waals surface area contributed by atoms with E-state index >= 15 is 0 Å². The Hall–Kier alpha value is -3.40. The molecule has 28 heavy (non-hydrogen) atoms. The van der Waals surface area contributed by atoms with Crippen molar-refractivity contribution in [1.29, 1.82) is 0 Å². The van der Waals surface area contributed by atoms with Gasteiger partial charge in [0.05, 0.1) is 20.8 Å². The van der Waals surface area contributed by atoms with Crippen LogP contribution in [0, 0.1) is 0 Å². The number of methoxy groups -OCH3 is 2. The van der Waals surface area contributed by atoms with Crippen molar-refractivity contribution in [2.45, 2.75) is 6.92 Å². The van der Waals surface area contributed by atoms with Crippen LogP contribution in [0.5, 0.6) is 11.5 Å². The van der Waals surface area contributed by atoms with Crippen molar-refractivity contribution in [1.82, 2.24) is 0 Å². The second kappa shape index (κ2) is 9.51. The van der Waals surface area contributed by atoms with Crippen LogP contribution in [0.15, 0.2) is 30.3 Å². The van der Waals surface area contributed by atoms with E-state index in [1.807, 2.05) is 0 Å². The molecule has 0 aliphatic heterocycles. The predicted octanol–water partition coefficient (Wildman–Crippen LogP) is 3.45. The van der Waals surface area contributed by atoms with Gasteiger partial charge in [-0.25, -0.2) is 14.4 Å². The first-order valence-corrected chi connectivity index (χ1v) is 8.69. The Morgan fingerprint density at radius 3 is 1.89 bits per heavy atom. The fourth-order valence-electron chi connectivity index (χ4n) is 2.04. The molecule has 0 saturated carbocycles. The van der Waals surface area contributed by atoms with Crippen LogP contribution in [0.2, 0.25) is 0 Å². The van der Waals surface area contributed by atoms with E-state index in [-0.39, 0.29) is 21.9 Å². The zero-order valence-corrected chi connectivity index (χ0v) is 16.0. The predicted molar refractivity (Wildman–Crippen MR) is 96.2 cm³/mol. The average Bonchev–Trinajstić information content (AvgIpc) is 3.05. The van der Waals surface area contributed by atoms with Crippen molar-refractivity contribution >= 4 is 35.4 Å². The standard InChI is InChI=1S/C18H16O9S/c1-4-25-16(20)15-13(27-18(22)24-3)12(26-17(21)23-2)14(28-15)11(19)10-8-6-5-7-9-10/h5-9H,4H2,1-3H3. The van der Waals surface area contributed by atoms with Crippen molar-refractivity contribution in [3.8, 4) is 11.5 Å². The minimum absolute atomic E-state index is 0.0313. The Morgan fingerprint density at radius 1 is 0.857 bits per heavy atom. The van der Waals surface area contributed by atoms with Gasteiger partial charge in [-0.15, -0.1) is 11.3 Å². The lowest BCUT2D eigenvalue weighted by atomic mass is 10.1. The maximum Gasteiger partial charge on any atom is 0.513 e. The highest BCUT2D eigenvalue weighted by atomic mass is 32.1. The third-order valence-corrected chi connectivity index (χ3v) is 4.36. The summed E-state index contributed by atoms with van der Waals surface area (Å²) in [6.07, 6.45) is -2.36. The normalized spacial score (nSPS) is 9.96. The van der Waals surface area contributed by atoms with E-state index in [4.69, 9.17) is 14.2 Å². The summed E-state index contributed by atoms with van der Waals surface area (Å²) in [6, 6.07) is 8.07. The van der Waals surface area contributed by atoms with E-state index in [0.717, 1.165) is 14.2 Å². The van der Waals surface area contributed by atoms with Gasteiger partial charge in [-0.2, -0.15) is 0 Å². The molecule has 0 aliphatic rings. The summed E-state index contributed by atoms with van der Waals surface area (Å²) < 4.78 is 23.8. The molecule has 148 valence electrons. The van der Waals surface area contributed by atoms with Crippen LogP contribution in [0.3, 0.4) is 0 Å². The molecule has 0 N–H and O–H groups in total. The smallest absolute Gasteiger partial charge is 0.462 e. The summed E-state index contributed by atoms with van der Waals surface area (Å²) in [5, 5.41) is 0. The van der Waals surface area contributed by atoms with Crippen LogP contribution in [0.25, 0.3) is 0 Å². The summed E-state index contributed by atoms with van der Waals surface area (Å²) in [5.41, 5.74) is 0.262. The highest BCUT2D eigenvalue weighted by Gasteiger charge is 2.33. The molecule has 0 unspecified atom stereocenters. The Bertz CT molecular complexity index is 886. The van der Waals surface area contributed by atoms with Crippen LogP contribution < -0.4 is 9.47 Å². The number of thiophene rings is 1. The Kier molecular flexibility index (Phi) is 7.10. The summed E-state index contributed by atoms with van der Waals surface area (Å²) in [7, 11) is 2.11. The number of ether oxygens (including phenoxy) is 5. The molecule has 1 aromatic carbocycles. The molecule has 0 spiro atoms. The van der Waals surface area contributed by atoms with Gasteiger partial charge in [0, 0.05) is 5.56 Å². The molecule has 1 heterocycles. The van der Waals surface area contributed by atoms with Crippen molar-refractivity contribution < 1.29 is 42.9 Å². The number of hydrogen-bond donors (Lipinski definition) is 0. The highest BCUT2D eigenvalue weighted by molar-refractivity contribution is 7.17. The lowest BCUT2D eigenvalue weighted by Gasteiger charge is -2.08. The molecule has 0 radical (unpaired) electrons. The summed E-state index contributed by atoms with van der Waals surface area (Å²) in [5.74, 6) is -2.35. The van der Waals surface area contributed by atoms with Crippen molar-refractivity contribution in [3.63, 3.8) is 0 Å². The van der Waals surface area contributed by atoms with Crippen molar-refractivity contribution in [3.05, 3.63) is 45.6 Å². The van der Waals surface area contributed by atoms with E-state index in [9.17, 15) is 19.2 Å². The number of carbonyl (C=O) groups is 4. The van der Waals surface area contributed by atoms with Crippen LogP contribution in [-0.4, -0.2) is 44.9 Å². The Balaban J connectivity index is 2.65. The van der Waals surface area contributed by atoms with Crippen LogP contribution in [0.4, 0.5) is 9.59 Å². The first kappa shape index (κ1) is 20.9. The minimum Gasteiger partial charge on any atom is -0.462 e. The van der Waals surface area contributed by atoms with Gasteiger partial charge in [0.1, 0.15) is 4.88 Å². The zero-order chi connectivity index (χ0) is 20.7. The molecule has 0 saturated heterocycles. The van der Waals surface area contributed by atoms with E-state index < -0.39 is 35.6 Å². The topological polar surface area (TPSA) is 114 Å². The third-order valence-electron chi connectivity index (χ3n) is 3.23. The molecule has 2 rings (SSSR count). The second-order valence-corrected chi connectivity index (χ2v) is 5.97. The molecule has 9 nitrogen and oxygen atoms in total. The molecular formula is C18H16O9S. The number of hydrogen-bond acceptors (Lipinski definition) is 10. The Labute approximate surface area is 163 Å². The second-order valence-electron chi connectivity index (χ2n) is 4.95. The quantitative estimate of drug-likeness (QED) is 0.403. The van der Waals surface area contributed by atoms with Crippen molar-refractivity contribution in [2.75, 3.05) is 20.8 Å². The van der Waals surface area contributed by atoms with Gasteiger partial charge >= 0.3 is 18.3 Å². The van der Waals surface area contributed by atoms with Gasteiger partial charge in [0.25, 0.3) is 0 Å². The summed E-state index contributed by atoms with van der Waals surface area (Å²) in [4.78, 5) is 48.1. The van der Waals surface area contributed by atoms with Crippen LogP contribution >= 0.6 is 11.3 Å². The first-order valence-electron chi connectivity index (χ1n) is 7.88. The SMILES string of the molecule is CCOC(=O)c1sc(C(=O)c2ccccc2)c(OC(=O)OC)c1OC(=O)OC. The van der Waals surface area contributed by atoms with Gasteiger partial charge in [-0.05, 0) is 6.92 Å².